The third-order valence-electron chi connectivity index (χ3n) is 9.27. The van der Waals surface area contributed by atoms with Gasteiger partial charge < -0.3 is 15.1 Å². The number of nitrogens with zero attached hydrogens (tertiary/aromatic N) is 4. The number of piperazine rings is 1. The lowest BCUT2D eigenvalue weighted by Crippen LogP contribution is -2.54. The van der Waals surface area contributed by atoms with E-state index >= 15 is 0 Å². The van der Waals surface area contributed by atoms with E-state index in [0.29, 0.717) is 55.6 Å². The number of carbonyl (C=O) groups is 2. The van der Waals surface area contributed by atoms with Crippen molar-refractivity contribution in [1.82, 2.24) is 30.2 Å². The van der Waals surface area contributed by atoms with Crippen LogP contribution >= 0.6 is 0 Å². The Kier molecular flexibility index (Phi) is 7.86. The number of H-pyrrole nitrogens is 1. The van der Waals surface area contributed by atoms with E-state index in [2.05, 4.69) is 20.4 Å². The van der Waals surface area contributed by atoms with E-state index in [0.717, 1.165) is 50.0 Å². The molecule has 3 aliphatic rings. The molecule has 2 N–H and O–H groups in total. The Morgan fingerprint density at radius 1 is 0.902 bits per heavy atom. The molecule has 9 nitrogen and oxygen atoms in total. The summed E-state index contributed by atoms with van der Waals surface area (Å²) >= 11 is 0. The largest absolute Gasteiger partial charge is 0.338 e. The third-order valence-corrected chi connectivity index (χ3v) is 9.27. The number of hydrogen-bond acceptors (Lipinski definition) is 6. The number of likely N-dealkylation sites (tertiary alicyclic amines) is 1. The molecule has 1 aromatic heterocycles. The van der Waals surface area contributed by atoms with Gasteiger partial charge in [-0.25, -0.2) is 9.49 Å². The average Bonchev–Trinajstić information content (AvgIpc) is 3.01. The number of aromatic amines is 1. The van der Waals surface area contributed by atoms with E-state index in [1.807, 2.05) is 17.0 Å². The Bertz CT molecular complexity index is 1490. The third kappa shape index (κ3) is 5.90. The van der Waals surface area contributed by atoms with Gasteiger partial charge in [0, 0.05) is 39.4 Å². The van der Waals surface area contributed by atoms with E-state index in [1.54, 1.807) is 29.2 Å². The molecule has 218 valence electrons. The Morgan fingerprint density at radius 3 is 2.32 bits per heavy atom. The van der Waals surface area contributed by atoms with Crippen molar-refractivity contribution < 1.29 is 15.4 Å². The average molecular weight is 563 g/mol. The number of benzene rings is 2. The fourth-order valence-electron chi connectivity index (χ4n) is 6.61. The first-order valence-electron chi connectivity index (χ1n) is 14.7. The number of aromatic nitrogens is 2. The van der Waals surface area contributed by atoms with Crippen molar-refractivity contribution in [2.24, 2.45) is 5.41 Å². The zero-order valence-corrected chi connectivity index (χ0v) is 23.3. The van der Waals surface area contributed by atoms with Gasteiger partial charge in [0.1, 0.15) is 5.82 Å². The van der Waals surface area contributed by atoms with Gasteiger partial charge in [0.25, 0.3) is 11.5 Å². The first-order valence-corrected chi connectivity index (χ1v) is 14.7. The van der Waals surface area contributed by atoms with Crippen molar-refractivity contribution in [3.8, 4) is 0 Å². The predicted molar refractivity (Wildman–Crippen MR) is 156 cm³/mol. The number of rotatable bonds is 5. The highest BCUT2D eigenvalue weighted by atomic mass is 19.1. The van der Waals surface area contributed by atoms with Crippen molar-refractivity contribution in [3.05, 3.63) is 75.5 Å². The fourth-order valence-corrected chi connectivity index (χ4v) is 6.61. The molecule has 2 aromatic carbocycles. The van der Waals surface area contributed by atoms with Gasteiger partial charge in [0.15, 0.2) is 0 Å². The maximum absolute atomic E-state index is 14.8. The highest BCUT2D eigenvalue weighted by molar-refractivity contribution is 5.95. The van der Waals surface area contributed by atoms with Crippen molar-refractivity contribution >= 4 is 22.6 Å². The summed E-state index contributed by atoms with van der Waals surface area (Å²) in [5.41, 5.74) is 1.57. The normalized spacial score (nSPS) is 19.5. The second-order valence-electron chi connectivity index (χ2n) is 11.7. The van der Waals surface area contributed by atoms with E-state index in [-0.39, 0.29) is 24.4 Å². The summed E-state index contributed by atoms with van der Waals surface area (Å²) < 4.78 is 14.8. The van der Waals surface area contributed by atoms with Gasteiger partial charge >= 0.3 is 0 Å². The van der Waals surface area contributed by atoms with Crippen LogP contribution in [0.5, 0.6) is 0 Å². The minimum atomic E-state index is -0.576. The van der Waals surface area contributed by atoms with Crippen molar-refractivity contribution in [3.63, 3.8) is 0 Å². The number of piperidine rings is 2. The van der Waals surface area contributed by atoms with Gasteiger partial charge in [-0.2, -0.15) is 5.10 Å². The number of carbonyl (C=O) groups excluding carboxylic acids is 2. The molecule has 2 amide bonds. The number of amides is 2. The zero-order valence-electron chi connectivity index (χ0n) is 23.3. The van der Waals surface area contributed by atoms with Crippen LogP contribution in [0.1, 0.15) is 48.7 Å². The summed E-state index contributed by atoms with van der Waals surface area (Å²) in [5.74, 6) is -0.848. The molecule has 3 aliphatic heterocycles. The van der Waals surface area contributed by atoms with Gasteiger partial charge in [0.2, 0.25) is 5.91 Å². The first-order chi connectivity index (χ1) is 19.9. The quantitative estimate of drug-likeness (QED) is 0.496. The Morgan fingerprint density at radius 2 is 1.59 bits per heavy atom. The molecule has 1 spiro atoms. The molecule has 0 aliphatic carbocycles. The number of halogens is 1. The second-order valence-corrected chi connectivity index (χ2v) is 11.7. The molecule has 41 heavy (non-hydrogen) atoms. The molecule has 6 rings (SSSR count). The number of hydrogen-bond donors (Lipinski definition) is 2. The molecule has 0 saturated carbocycles. The highest BCUT2D eigenvalue weighted by Gasteiger charge is 2.36. The zero-order chi connectivity index (χ0) is 28.4. The number of nitrogens with one attached hydrogen (secondary N) is 2. The lowest BCUT2D eigenvalue weighted by Gasteiger charge is -2.44. The van der Waals surface area contributed by atoms with Gasteiger partial charge in [0.05, 0.1) is 23.2 Å². The van der Waals surface area contributed by atoms with E-state index in [4.69, 9.17) is 0 Å². The van der Waals surface area contributed by atoms with E-state index in [1.165, 1.54) is 18.9 Å². The molecule has 0 atom stereocenters. The minimum Gasteiger partial charge on any atom is -0.338 e. The maximum atomic E-state index is 14.8. The van der Waals surface area contributed by atoms with Crippen LogP contribution in [0.15, 0.2) is 47.3 Å². The van der Waals surface area contributed by atoms with Crippen LogP contribution in [0.4, 0.5) is 4.39 Å². The predicted octanol–water partition coefficient (Wildman–Crippen LogP) is 2.65. The molecule has 10 heteroatoms. The first kappa shape index (κ1) is 27.5. The van der Waals surface area contributed by atoms with Crippen molar-refractivity contribution in [1.29, 1.82) is 0 Å². The molecule has 0 unspecified atom stereocenters. The summed E-state index contributed by atoms with van der Waals surface area (Å²) in [4.78, 5) is 44.2. The monoisotopic (exact) mass is 562 g/mol. The summed E-state index contributed by atoms with van der Waals surface area (Å²) in [6, 6.07) is 11.7. The molecule has 0 radical (unpaired) electrons. The smallest absolute Gasteiger partial charge is 0.272 e. The van der Waals surface area contributed by atoms with Gasteiger partial charge in [-0.05, 0) is 81.0 Å². The van der Waals surface area contributed by atoms with Gasteiger partial charge in [-0.3, -0.25) is 19.3 Å². The van der Waals surface area contributed by atoms with E-state index in [9.17, 15) is 18.8 Å². The Balaban J connectivity index is 0.00000353. The van der Waals surface area contributed by atoms with Gasteiger partial charge in [-0.15, -0.1) is 0 Å². The summed E-state index contributed by atoms with van der Waals surface area (Å²) in [5, 5.41) is 11.4. The lowest BCUT2D eigenvalue weighted by atomic mass is 9.71. The molecular weight excluding hydrogens is 523 g/mol. The fraction of sp³-hybridized carbons (Fsp3) is 0.484. The summed E-state index contributed by atoms with van der Waals surface area (Å²) in [6.07, 6.45) is 5.12. The molecule has 3 saturated heterocycles. The standard InChI is InChI=1S/C31H37FN6O3.H2/c32-26-6-5-22(20-27-23-3-1-2-4-24(23)29(40)35-34-27)19-25(26)30(41)38-17-15-37(16-18-38)28(39)21-36-13-9-31(10-14-36)7-11-33-12-8-31;/h1-6,19,33H,7-18,20-21H2,(H,35,40);1H. The summed E-state index contributed by atoms with van der Waals surface area (Å²) in [7, 11) is 0. The van der Waals surface area contributed by atoms with Crippen LogP contribution in [-0.4, -0.2) is 95.6 Å². The topological polar surface area (TPSA) is 102 Å². The van der Waals surface area contributed by atoms with Crippen LogP contribution in [0.2, 0.25) is 0 Å². The molecule has 3 fully saturated rings. The maximum Gasteiger partial charge on any atom is 0.272 e. The van der Waals surface area contributed by atoms with Crippen molar-refractivity contribution in [2.45, 2.75) is 32.1 Å². The van der Waals surface area contributed by atoms with Crippen LogP contribution in [-0.2, 0) is 11.2 Å². The molecular formula is C31H39FN6O3. The molecule has 0 bridgehead atoms. The van der Waals surface area contributed by atoms with Crippen LogP contribution in [0.25, 0.3) is 10.8 Å². The lowest BCUT2D eigenvalue weighted by molar-refractivity contribution is -0.134. The van der Waals surface area contributed by atoms with Crippen LogP contribution in [0.3, 0.4) is 0 Å². The SMILES string of the molecule is O=C(CN1CCC2(CCNCC2)CC1)N1CCN(C(=O)c2cc(Cc3n[nH]c(=O)c4ccccc34)ccc2F)CC1.[HH]. The Hall–Kier alpha value is -3.63. The summed E-state index contributed by atoms with van der Waals surface area (Å²) in [6.45, 7) is 6.18. The minimum absolute atomic E-state index is 0. The van der Waals surface area contributed by atoms with E-state index < -0.39 is 5.82 Å². The Labute approximate surface area is 240 Å². The van der Waals surface area contributed by atoms with Crippen LogP contribution in [0, 0.1) is 11.2 Å². The van der Waals surface area contributed by atoms with Gasteiger partial charge in [-0.1, -0.05) is 24.3 Å². The van der Waals surface area contributed by atoms with Crippen LogP contribution < -0.4 is 10.9 Å². The number of fused-ring (bicyclic) bond motifs is 1. The highest BCUT2D eigenvalue weighted by Crippen LogP contribution is 2.39. The molecule has 4 heterocycles. The van der Waals surface area contributed by atoms with Crippen molar-refractivity contribution in [2.75, 3.05) is 58.9 Å². The second kappa shape index (κ2) is 11.7. The molecule has 3 aromatic rings.